The molecule has 3 nitrogen and oxygen atoms in total. The lowest BCUT2D eigenvalue weighted by Crippen LogP contribution is -2.31. The third-order valence-electron chi connectivity index (χ3n) is 2.05. The maximum atomic E-state index is 11.1. The van der Waals surface area contributed by atoms with Gasteiger partial charge in [-0.1, -0.05) is 12.8 Å². The van der Waals surface area contributed by atoms with E-state index < -0.39 is 0 Å². The van der Waals surface area contributed by atoms with Crippen molar-refractivity contribution in [1.29, 1.82) is 5.26 Å². The topological polar surface area (TPSA) is 52.9 Å². The van der Waals surface area contributed by atoms with Crippen LogP contribution in [-0.4, -0.2) is 11.9 Å². The van der Waals surface area contributed by atoms with E-state index >= 15 is 0 Å². The molecule has 0 aromatic rings. The molecular weight excluding hydrogens is 152 g/mol. The molecule has 1 fully saturated rings. The fraction of sp³-hybridized carbons (Fsp3) is 0.778. The lowest BCUT2D eigenvalue weighted by molar-refractivity contribution is -0.121. The van der Waals surface area contributed by atoms with E-state index in [1.54, 1.807) is 6.92 Å². The van der Waals surface area contributed by atoms with E-state index in [0.29, 0.717) is 6.42 Å². The average Bonchev–Trinajstić information content (AvgIpc) is 2.83. The quantitative estimate of drug-likeness (QED) is 0.682. The fourth-order valence-corrected chi connectivity index (χ4v) is 1.09. The summed E-state index contributed by atoms with van der Waals surface area (Å²) in [6.07, 6.45) is 4.13. The predicted octanol–water partition coefficient (Wildman–Crippen LogP) is 1.20. The molecule has 0 saturated heterocycles. The highest BCUT2D eigenvalue weighted by molar-refractivity contribution is 5.76. The zero-order chi connectivity index (χ0) is 8.97. The van der Waals surface area contributed by atoms with Crippen LogP contribution in [-0.2, 0) is 4.79 Å². The Balaban J connectivity index is 2.06. The minimum absolute atomic E-state index is 0.0101. The monoisotopic (exact) mass is 166 g/mol. The van der Waals surface area contributed by atoms with Gasteiger partial charge < -0.3 is 5.32 Å². The van der Waals surface area contributed by atoms with Gasteiger partial charge in [0.1, 0.15) is 6.04 Å². The Morgan fingerprint density at radius 3 is 2.92 bits per heavy atom. The number of hydrogen-bond acceptors (Lipinski definition) is 2. The summed E-state index contributed by atoms with van der Waals surface area (Å²) in [5, 5.41) is 11.0. The third-order valence-corrected chi connectivity index (χ3v) is 2.05. The van der Waals surface area contributed by atoms with E-state index in [1.165, 1.54) is 12.8 Å². The van der Waals surface area contributed by atoms with Crippen molar-refractivity contribution >= 4 is 5.91 Å². The third kappa shape index (κ3) is 3.38. The first-order valence-electron chi connectivity index (χ1n) is 4.41. The molecule has 0 heterocycles. The molecule has 1 N–H and O–H groups in total. The van der Waals surface area contributed by atoms with Gasteiger partial charge in [-0.15, -0.1) is 0 Å². The molecule has 1 rings (SSSR count). The van der Waals surface area contributed by atoms with E-state index in [4.69, 9.17) is 5.26 Å². The highest BCUT2D eigenvalue weighted by atomic mass is 16.1. The highest BCUT2D eigenvalue weighted by Crippen LogP contribution is 2.33. The number of nitriles is 1. The zero-order valence-corrected chi connectivity index (χ0v) is 7.34. The van der Waals surface area contributed by atoms with Gasteiger partial charge in [0.25, 0.3) is 0 Å². The Hall–Kier alpha value is -1.04. The number of amides is 1. The summed E-state index contributed by atoms with van der Waals surface area (Å²) in [6, 6.07) is 1.62. The van der Waals surface area contributed by atoms with Gasteiger partial charge in [0, 0.05) is 6.42 Å². The van der Waals surface area contributed by atoms with E-state index in [1.807, 2.05) is 6.07 Å². The molecule has 0 aliphatic heterocycles. The molecule has 1 unspecified atom stereocenters. The van der Waals surface area contributed by atoms with Crippen LogP contribution in [0.3, 0.4) is 0 Å². The van der Waals surface area contributed by atoms with Gasteiger partial charge in [-0.3, -0.25) is 4.79 Å². The SMILES string of the molecule is CC(C#N)NC(=O)CCC1CC1. The minimum atomic E-state index is -0.350. The molecule has 66 valence electrons. The number of carbonyl (C=O) groups is 1. The van der Waals surface area contributed by atoms with Crippen LogP contribution in [0, 0.1) is 17.2 Å². The average molecular weight is 166 g/mol. The van der Waals surface area contributed by atoms with Gasteiger partial charge in [-0.25, -0.2) is 0 Å². The van der Waals surface area contributed by atoms with Crippen molar-refractivity contribution in [2.45, 2.75) is 38.6 Å². The van der Waals surface area contributed by atoms with Crippen LogP contribution >= 0.6 is 0 Å². The highest BCUT2D eigenvalue weighted by Gasteiger charge is 2.21. The molecule has 1 amide bonds. The number of rotatable bonds is 4. The van der Waals surface area contributed by atoms with Crippen molar-refractivity contribution in [3.63, 3.8) is 0 Å². The summed E-state index contributed by atoms with van der Waals surface area (Å²) in [6.45, 7) is 1.69. The molecule has 1 saturated carbocycles. The van der Waals surface area contributed by atoms with Gasteiger partial charge in [0.05, 0.1) is 6.07 Å². The molecule has 3 heteroatoms. The van der Waals surface area contributed by atoms with Crippen LogP contribution in [0.2, 0.25) is 0 Å². The Morgan fingerprint density at radius 1 is 1.75 bits per heavy atom. The lowest BCUT2D eigenvalue weighted by Gasteiger charge is -2.04. The van der Waals surface area contributed by atoms with Crippen LogP contribution < -0.4 is 5.32 Å². The smallest absolute Gasteiger partial charge is 0.221 e. The second-order valence-electron chi connectivity index (χ2n) is 3.40. The predicted molar refractivity (Wildman–Crippen MR) is 45.2 cm³/mol. The van der Waals surface area contributed by atoms with Gasteiger partial charge in [-0.05, 0) is 19.3 Å². The van der Waals surface area contributed by atoms with Crippen molar-refractivity contribution in [3.8, 4) is 6.07 Å². The van der Waals surface area contributed by atoms with Crippen molar-refractivity contribution in [2.75, 3.05) is 0 Å². The summed E-state index contributed by atoms with van der Waals surface area (Å²) in [5.41, 5.74) is 0. The minimum Gasteiger partial charge on any atom is -0.341 e. The molecule has 12 heavy (non-hydrogen) atoms. The van der Waals surface area contributed by atoms with Gasteiger partial charge in [-0.2, -0.15) is 5.26 Å². The van der Waals surface area contributed by atoms with E-state index in [9.17, 15) is 4.79 Å². The second kappa shape index (κ2) is 4.10. The Morgan fingerprint density at radius 2 is 2.42 bits per heavy atom. The Bertz CT molecular complexity index is 203. The summed E-state index contributed by atoms with van der Waals surface area (Å²) < 4.78 is 0. The second-order valence-corrected chi connectivity index (χ2v) is 3.40. The van der Waals surface area contributed by atoms with Crippen molar-refractivity contribution in [3.05, 3.63) is 0 Å². The Labute approximate surface area is 72.8 Å². The molecule has 0 aromatic carbocycles. The molecule has 0 aromatic heterocycles. The van der Waals surface area contributed by atoms with E-state index in [2.05, 4.69) is 5.32 Å². The number of nitrogens with zero attached hydrogens (tertiary/aromatic N) is 1. The fourth-order valence-electron chi connectivity index (χ4n) is 1.09. The van der Waals surface area contributed by atoms with Gasteiger partial charge in [0.2, 0.25) is 5.91 Å². The molecule has 0 spiro atoms. The first kappa shape index (κ1) is 9.05. The maximum absolute atomic E-state index is 11.1. The largest absolute Gasteiger partial charge is 0.341 e. The van der Waals surface area contributed by atoms with Crippen LogP contribution in [0.5, 0.6) is 0 Å². The number of carbonyl (C=O) groups excluding carboxylic acids is 1. The molecule has 1 aliphatic rings. The molecule has 0 radical (unpaired) electrons. The maximum Gasteiger partial charge on any atom is 0.221 e. The Kier molecular flexibility index (Phi) is 3.09. The van der Waals surface area contributed by atoms with Crippen LogP contribution in [0.25, 0.3) is 0 Å². The molecule has 1 atom stereocenters. The molecule has 1 aliphatic carbocycles. The summed E-state index contributed by atoms with van der Waals surface area (Å²) in [7, 11) is 0. The van der Waals surface area contributed by atoms with Gasteiger partial charge >= 0.3 is 0 Å². The van der Waals surface area contributed by atoms with Crippen LogP contribution in [0.4, 0.5) is 0 Å². The van der Waals surface area contributed by atoms with Crippen LogP contribution in [0.1, 0.15) is 32.6 Å². The van der Waals surface area contributed by atoms with Crippen molar-refractivity contribution < 1.29 is 4.79 Å². The van der Waals surface area contributed by atoms with Crippen molar-refractivity contribution in [1.82, 2.24) is 5.32 Å². The summed E-state index contributed by atoms with van der Waals surface area (Å²) in [5.74, 6) is 0.795. The summed E-state index contributed by atoms with van der Waals surface area (Å²) in [4.78, 5) is 11.1. The lowest BCUT2D eigenvalue weighted by atomic mass is 10.2. The van der Waals surface area contributed by atoms with Crippen LogP contribution in [0.15, 0.2) is 0 Å². The number of hydrogen-bond donors (Lipinski definition) is 1. The van der Waals surface area contributed by atoms with E-state index in [-0.39, 0.29) is 11.9 Å². The zero-order valence-electron chi connectivity index (χ0n) is 7.34. The number of nitrogens with one attached hydrogen (secondary N) is 1. The normalized spacial score (nSPS) is 18.0. The van der Waals surface area contributed by atoms with E-state index in [0.717, 1.165) is 12.3 Å². The molecule has 0 bridgehead atoms. The van der Waals surface area contributed by atoms with Gasteiger partial charge in [0.15, 0.2) is 0 Å². The van der Waals surface area contributed by atoms with Crippen molar-refractivity contribution in [2.24, 2.45) is 5.92 Å². The first-order valence-corrected chi connectivity index (χ1v) is 4.41. The summed E-state index contributed by atoms with van der Waals surface area (Å²) >= 11 is 0. The standard InChI is InChI=1S/C9H14N2O/c1-7(6-10)11-9(12)5-4-8-2-3-8/h7-8H,2-5H2,1H3,(H,11,12). The molecular formula is C9H14N2O. The first-order chi connectivity index (χ1) is 5.72.